The van der Waals surface area contributed by atoms with Gasteiger partial charge in [-0.2, -0.15) is 0 Å². The van der Waals surface area contributed by atoms with Gasteiger partial charge in [-0.15, -0.1) is 23.4 Å². The van der Waals surface area contributed by atoms with Crippen molar-refractivity contribution in [2.75, 3.05) is 5.32 Å². The number of nitro benzene ring substituents is 1. The van der Waals surface area contributed by atoms with Gasteiger partial charge in [-0.3, -0.25) is 10.1 Å². The molecule has 0 saturated heterocycles. The highest BCUT2D eigenvalue weighted by atomic mass is 35.5. The Morgan fingerprint density at radius 3 is 2.47 bits per heavy atom. The number of hydrogen-bond donors (Lipinski definition) is 2. The molecule has 176 valence electrons. The van der Waals surface area contributed by atoms with E-state index in [1.165, 1.54) is 23.9 Å². The van der Waals surface area contributed by atoms with Crippen LogP contribution in [0.3, 0.4) is 0 Å². The third kappa shape index (κ3) is 4.17. The van der Waals surface area contributed by atoms with Crippen LogP contribution in [0.5, 0.6) is 0 Å². The topological polar surface area (TPSA) is 115 Å². The van der Waals surface area contributed by atoms with E-state index in [9.17, 15) is 18.5 Å². The number of nitro groups is 1. The highest BCUT2D eigenvalue weighted by Crippen LogP contribution is 2.58. The maximum atomic E-state index is 12.0. The van der Waals surface area contributed by atoms with Crippen LogP contribution in [0.15, 0.2) is 82.6 Å². The minimum atomic E-state index is -3.88. The number of alkyl halides is 1. The van der Waals surface area contributed by atoms with E-state index in [4.69, 9.17) is 16.7 Å². The summed E-state index contributed by atoms with van der Waals surface area (Å²) in [5, 5.41) is 20.1. The zero-order valence-electron chi connectivity index (χ0n) is 17.9. The maximum Gasteiger partial charge on any atom is 0.282 e. The third-order valence-corrected chi connectivity index (χ3v) is 9.64. The number of nitrogens with one attached hydrogen (secondary N) is 1. The van der Waals surface area contributed by atoms with Gasteiger partial charge in [-0.25, -0.2) is 13.6 Å². The molecule has 0 spiro atoms. The first-order valence-electron chi connectivity index (χ1n) is 10.8. The lowest BCUT2D eigenvalue weighted by Crippen LogP contribution is -2.31. The molecule has 0 bridgehead atoms. The Balaban J connectivity index is 1.57. The van der Waals surface area contributed by atoms with Crippen molar-refractivity contribution >= 4 is 44.8 Å². The van der Waals surface area contributed by atoms with E-state index < -0.39 is 10.0 Å². The lowest BCUT2D eigenvalue weighted by atomic mass is 9.77. The van der Waals surface area contributed by atoms with Crippen molar-refractivity contribution in [2.24, 2.45) is 11.1 Å². The third-order valence-electron chi connectivity index (χ3n) is 6.61. The van der Waals surface area contributed by atoms with Gasteiger partial charge in [0.05, 0.1) is 26.1 Å². The molecular weight excluding hydrogens is 494 g/mol. The monoisotopic (exact) mass is 515 g/mol. The van der Waals surface area contributed by atoms with Gasteiger partial charge < -0.3 is 5.32 Å². The van der Waals surface area contributed by atoms with E-state index in [2.05, 4.69) is 17.4 Å². The van der Waals surface area contributed by atoms with Crippen LogP contribution >= 0.6 is 23.4 Å². The predicted molar refractivity (Wildman–Crippen MR) is 134 cm³/mol. The summed E-state index contributed by atoms with van der Waals surface area (Å²) in [4.78, 5) is 11.8. The highest BCUT2D eigenvalue weighted by Gasteiger charge is 2.50. The molecule has 0 radical (unpaired) electrons. The van der Waals surface area contributed by atoms with Crippen LogP contribution in [-0.2, 0) is 10.0 Å². The molecule has 2 aliphatic rings. The fourth-order valence-corrected chi connectivity index (χ4v) is 7.63. The van der Waals surface area contributed by atoms with Crippen LogP contribution in [0.2, 0.25) is 0 Å². The van der Waals surface area contributed by atoms with Crippen molar-refractivity contribution in [3.8, 4) is 0 Å². The van der Waals surface area contributed by atoms with Gasteiger partial charge in [0.2, 0.25) is 10.0 Å². The molecule has 3 N–H and O–H groups in total. The van der Waals surface area contributed by atoms with Crippen LogP contribution < -0.4 is 10.5 Å². The molecular formula is C24H22ClN3O4S2. The van der Waals surface area contributed by atoms with E-state index in [1.807, 2.05) is 18.2 Å². The number of nitrogens with two attached hydrogens (primary N) is 1. The zero-order valence-corrected chi connectivity index (χ0v) is 20.3. The quantitative estimate of drug-likeness (QED) is 0.271. The first-order chi connectivity index (χ1) is 16.2. The van der Waals surface area contributed by atoms with Crippen molar-refractivity contribution < 1.29 is 13.3 Å². The molecule has 0 amide bonds. The number of benzene rings is 3. The van der Waals surface area contributed by atoms with Gasteiger partial charge in [0, 0.05) is 22.9 Å². The number of fused-ring (bicyclic) bond motifs is 3. The van der Waals surface area contributed by atoms with Crippen molar-refractivity contribution in [2.45, 2.75) is 38.8 Å². The van der Waals surface area contributed by atoms with Gasteiger partial charge in [0.1, 0.15) is 0 Å². The summed E-state index contributed by atoms with van der Waals surface area (Å²) in [6.07, 6.45) is 0.709. The molecule has 34 heavy (non-hydrogen) atoms. The van der Waals surface area contributed by atoms with Crippen molar-refractivity contribution in [1.29, 1.82) is 0 Å². The summed E-state index contributed by atoms with van der Waals surface area (Å²) in [6.45, 7) is 0. The Labute approximate surface area is 206 Å². The Kier molecular flexibility index (Phi) is 6.05. The Bertz CT molecular complexity index is 1350. The standard InChI is InChI=1S/C24H22ClN3O4S2/c25-23-21(33-20-9-5-4-8-19(20)28(29)30)13-17-22(23)16-12-15(34(26,31)32)10-11-18(16)27-24(17)14-6-2-1-3-7-14/h1-12,17,21-24,27H,13H2,(H2,26,31,32)/t17-,21-,22+,23-,24-/m0/s1. The normalized spacial score (nSPS) is 25.8. The largest absolute Gasteiger partial charge is 0.378 e. The fourth-order valence-electron chi connectivity index (χ4n) is 5.13. The average molecular weight is 516 g/mol. The van der Waals surface area contributed by atoms with Crippen molar-refractivity contribution in [1.82, 2.24) is 0 Å². The molecule has 1 fully saturated rings. The first kappa shape index (κ1) is 23.2. The molecule has 7 nitrogen and oxygen atoms in total. The van der Waals surface area contributed by atoms with E-state index in [-0.39, 0.29) is 44.0 Å². The molecule has 5 atom stereocenters. The van der Waals surface area contributed by atoms with Gasteiger partial charge in [-0.1, -0.05) is 42.5 Å². The average Bonchev–Trinajstić information content (AvgIpc) is 3.14. The van der Waals surface area contributed by atoms with E-state index in [0.29, 0.717) is 11.3 Å². The number of hydrogen-bond acceptors (Lipinski definition) is 6. The van der Waals surface area contributed by atoms with Gasteiger partial charge in [0.15, 0.2) is 0 Å². The summed E-state index contributed by atoms with van der Waals surface area (Å²) in [5.74, 6) is -0.0847. The molecule has 3 aromatic carbocycles. The Morgan fingerprint density at radius 1 is 1.06 bits per heavy atom. The van der Waals surface area contributed by atoms with Crippen LogP contribution in [0.1, 0.15) is 29.5 Å². The molecule has 5 rings (SSSR count). The molecule has 0 aromatic heterocycles. The van der Waals surface area contributed by atoms with Gasteiger partial charge in [-0.05, 0) is 47.7 Å². The minimum absolute atomic E-state index is 0.0309. The number of para-hydroxylation sites is 1. The number of halogens is 1. The van der Waals surface area contributed by atoms with E-state index >= 15 is 0 Å². The maximum absolute atomic E-state index is 12.0. The summed E-state index contributed by atoms with van der Waals surface area (Å²) in [6, 6.07) is 21.5. The predicted octanol–water partition coefficient (Wildman–Crippen LogP) is 5.28. The van der Waals surface area contributed by atoms with Crippen molar-refractivity contribution in [3.63, 3.8) is 0 Å². The number of primary sulfonamides is 1. The van der Waals surface area contributed by atoms with Crippen LogP contribution in [0.4, 0.5) is 11.4 Å². The summed E-state index contributed by atoms with van der Waals surface area (Å²) >= 11 is 8.50. The lowest BCUT2D eigenvalue weighted by molar-refractivity contribution is -0.387. The second-order valence-electron chi connectivity index (χ2n) is 8.58. The summed E-state index contributed by atoms with van der Waals surface area (Å²) < 4.78 is 24.1. The molecule has 1 saturated carbocycles. The zero-order chi connectivity index (χ0) is 24.0. The van der Waals surface area contributed by atoms with Crippen LogP contribution in [-0.4, -0.2) is 24.0 Å². The van der Waals surface area contributed by atoms with E-state index in [0.717, 1.165) is 16.8 Å². The number of rotatable bonds is 5. The van der Waals surface area contributed by atoms with Crippen LogP contribution in [0, 0.1) is 16.0 Å². The molecule has 10 heteroatoms. The molecule has 1 heterocycles. The highest BCUT2D eigenvalue weighted by molar-refractivity contribution is 8.00. The fraction of sp³-hybridized carbons (Fsp3) is 0.250. The second kappa shape index (κ2) is 8.88. The van der Waals surface area contributed by atoms with Gasteiger partial charge in [0.25, 0.3) is 5.69 Å². The van der Waals surface area contributed by atoms with Crippen molar-refractivity contribution in [3.05, 3.63) is 94.0 Å². The number of thioether (sulfide) groups is 1. The Hall–Kier alpha value is -2.59. The smallest absolute Gasteiger partial charge is 0.282 e. The summed E-state index contributed by atoms with van der Waals surface area (Å²) in [7, 11) is -3.88. The van der Waals surface area contributed by atoms with Gasteiger partial charge >= 0.3 is 0 Å². The number of nitrogens with zero attached hydrogens (tertiary/aromatic N) is 1. The lowest BCUT2D eigenvalue weighted by Gasteiger charge is -2.38. The molecule has 3 aromatic rings. The molecule has 1 aliphatic heterocycles. The minimum Gasteiger partial charge on any atom is -0.378 e. The van der Waals surface area contributed by atoms with Crippen LogP contribution in [0.25, 0.3) is 0 Å². The Morgan fingerprint density at radius 2 is 1.76 bits per heavy atom. The SMILES string of the molecule is NS(=O)(=O)c1ccc2c(c1)[C@H]1[C@@H](Cl)[C@@H](Sc3ccccc3[N+](=O)[O-])C[C@@H]1[C@H](c1ccccc1)N2. The molecule has 1 aliphatic carbocycles. The number of sulfonamides is 1. The second-order valence-corrected chi connectivity index (χ2v) is 11.9. The summed E-state index contributed by atoms with van der Waals surface area (Å²) in [5.41, 5.74) is 2.80. The first-order valence-corrected chi connectivity index (χ1v) is 13.6. The van der Waals surface area contributed by atoms with E-state index in [1.54, 1.807) is 30.3 Å². The molecule has 0 unspecified atom stereocenters. The number of anilines is 1.